The fourth-order valence-corrected chi connectivity index (χ4v) is 0.526. The number of hydrogen-bond acceptors (Lipinski definition) is 3. The van der Waals surface area contributed by atoms with Crippen molar-refractivity contribution in [2.45, 2.75) is 19.4 Å². The van der Waals surface area contributed by atoms with Crippen LogP contribution in [0.3, 0.4) is 0 Å². The Kier molecular flexibility index (Phi) is 4.66. The minimum atomic E-state index is -0.457. The van der Waals surface area contributed by atoms with E-state index in [0.717, 1.165) is 0 Å². The zero-order chi connectivity index (χ0) is 7.98. The van der Waals surface area contributed by atoms with E-state index in [4.69, 9.17) is 5.11 Å². The number of alkyl carbamates (subject to hydrolysis) is 1. The smallest absolute Gasteiger partial charge is 0.407 e. The SMILES string of the molecule is COC(=O)N[C@@H](C)CCO. The van der Waals surface area contributed by atoms with Gasteiger partial charge in [-0.2, -0.15) is 0 Å². The Morgan fingerprint density at radius 2 is 2.40 bits per heavy atom. The van der Waals surface area contributed by atoms with E-state index in [0.29, 0.717) is 6.42 Å². The van der Waals surface area contributed by atoms with Crippen LogP contribution in [0.5, 0.6) is 0 Å². The molecule has 0 bridgehead atoms. The number of aliphatic hydroxyl groups is 1. The zero-order valence-electron chi connectivity index (χ0n) is 6.26. The van der Waals surface area contributed by atoms with Gasteiger partial charge >= 0.3 is 6.09 Å². The van der Waals surface area contributed by atoms with E-state index in [2.05, 4.69) is 10.1 Å². The maximum Gasteiger partial charge on any atom is 0.407 e. The van der Waals surface area contributed by atoms with Crippen molar-refractivity contribution in [2.24, 2.45) is 0 Å². The summed E-state index contributed by atoms with van der Waals surface area (Å²) in [5, 5.41) is 10.9. The van der Waals surface area contributed by atoms with Gasteiger partial charge in [0.1, 0.15) is 0 Å². The lowest BCUT2D eigenvalue weighted by molar-refractivity contribution is 0.164. The molecule has 0 unspecified atom stereocenters. The molecule has 10 heavy (non-hydrogen) atoms. The highest BCUT2D eigenvalue weighted by atomic mass is 16.5. The number of hydrogen-bond donors (Lipinski definition) is 2. The topological polar surface area (TPSA) is 58.6 Å². The Labute approximate surface area is 60.2 Å². The molecule has 2 N–H and O–H groups in total. The average molecular weight is 147 g/mol. The van der Waals surface area contributed by atoms with E-state index in [1.807, 2.05) is 0 Å². The molecule has 0 saturated heterocycles. The van der Waals surface area contributed by atoms with Crippen LogP contribution in [0.1, 0.15) is 13.3 Å². The summed E-state index contributed by atoms with van der Waals surface area (Å²) in [4.78, 5) is 10.5. The van der Waals surface area contributed by atoms with Gasteiger partial charge in [-0.25, -0.2) is 4.79 Å². The van der Waals surface area contributed by atoms with E-state index in [9.17, 15) is 4.79 Å². The molecule has 60 valence electrons. The molecule has 0 heterocycles. The largest absolute Gasteiger partial charge is 0.453 e. The number of carbonyl (C=O) groups is 1. The lowest BCUT2D eigenvalue weighted by Crippen LogP contribution is -2.32. The first-order valence-corrected chi connectivity index (χ1v) is 3.16. The average Bonchev–Trinajstić information content (AvgIpc) is 1.88. The fraction of sp³-hybridized carbons (Fsp3) is 0.833. The highest BCUT2D eigenvalue weighted by Gasteiger charge is 2.04. The third kappa shape index (κ3) is 4.14. The first kappa shape index (κ1) is 9.23. The number of methoxy groups -OCH3 is 1. The van der Waals surface area contributed by atoms with Crippen molar-refractivity contribution >= 4 is 6.09 Å². The Balaban J connectivity index is 3.37. The van der Waals surface area contributed by atoms with Crippen molar-refractivity contribution in [2.75, 3.05) is 13.7 Å². The van der Waals surface area contributed by atoms with Crippen molar-refractivity contribution in [3.05, 3.63) is 0 Å². The molecular formula is C6H13NO3. The van der Waals surface area contributed by atoms with E-state index < -0.39 is 6.09 Å². The van der Waals surface area contributed by atoms with Crippen LogP contribution < -0.4 is 5.32 Å². The van der Waals surface area contributed by atoms with Gasteiger partial charge in [-0.3, -0.25) is 0 Å². The summed E-state index contributed by atoms with van der Waals surface area (Å²) in [6.07, 6.45) is 0.0932. The minimum Gasteiger partial charge on any atom is -0.453 e. The maximum absolute atomic E-state index is 10.5. The van der Waals surface area contributed by atoms with Gasteiger partial charge in [0, 0.05) is 12.6 Å². The Bertz CT molecular complexity index is 105. The highest BCUT2D eigenvalue weighted by molar-refractivity contribution is 5.67. The summed E-state index contributed by atoms with van der Waals surface area (Å²) in [7, 11) is 1.31. The number of carbonyl (C=O) groups excluding carboxylic acids is 1. The third-order valence-corrected chi connectivity index (χ3v) is 1.11. The lowest BCUT2D eigenvalue weighted by Gasteiger charge is -2.09. The van der Waals surface area contributed by atoms with Gasteiger partial charge in [0.25, 0.3) is 0 Å². The van der Waals surface area contributed by atoms with E-state index >= 15 is 0 Å². The fourth-order valence-electron chi connectivity index (χ4n) is 0.526. The van der Waals surface area contributed by atoms with Crippen molar-refractivity contribution in [1.29, 1.82) is 0 Å². The second-order valence-corrected chi connectivity index (χ2v) is 2.05. The lowest BCUT2D eigenvalue weighted by atomic mass is 10.2. The molecule has 0 aromatic rings. The van der Waals surface area contributed by atoms with E-state index in [1.54, 1.807) is 6.92 Å². The Hall–Kier alpha value is -0.770. The van der Waals surface area contributed by atoms with Crippen LogP contribution in [0.25, 0.3) is 0 Å². The molecule has 0 aliphatic rings. The van der Waals surface area contributed by atoms with Gasteiger partial charge in [-0.15, -0.1) is 0 Å². The van der Waals surface area contributed by atoms with Crippen LogP contribution in [0, 0.1) is 0 Å². The minimum absolute atomic E-state index is 0.0301. The van der Waals surface area contributed by atoms with Crippen LogP contribution >= 0.6 is 0 Å². The molecule has 0 fully saturated rings. The molecule has 1 atom stereocenters. The molecule has 0 spiro atoms. The second kappa shape index (κ2) is 5.05. The summed E-state index contributed by atoms with van der Waals surface area (Å²) in [5.74, 6) is 0. The monoisotopic (exact) mass is 147 g/mol. The summed E-state index contributed by atoms with van der Waals surface area (Å²) in [6, 6.07) is -0.0301. The van der Waals surface area contributed by atoms with Gasteiger partial charge in [-0.05, 0) is 13.3 Å². The van der Waals surface area contributed by atoms with Crippen LogP contribution in [0.4, 0.5) is 4.79 Å². The number of amides is 1. The summed E-state index contributed by atoms with van der Waals surface area (Å²) >= 11 is 0. The molecule has 0 aromatic heterocycles. The normalized spacial score (nSPS) is 12.3. The van der Waals surface area contributed by atoms with Gasteiger partial charge in [0.05, 0.1) is 7.11 Å². The number of aliphatic hydroxyl groups excluding tert-OH is 1. The molecule has 0 aliphatic carbocycles. The second-order valence-electron chi connectivity index (χ2n) is 2.05. The Morgan fingerprint density at radius 1 is 1.80 bits per heavy atom. The molecule has 0 saturated carbocycles. The summed E-state index contributed by atoms with van der Waals surface area (Å²) < 4.78 is 4.34. The molecule has 4 heteroatoms. The van der Waals surface area contributed by atoms with Crippen LogP contribution in [0.15, 0.2) is 0 Å². The maximum atomic E-state index is 10.5. The molecule has 1 amide bonds. The van der Waals surface area contributed by atoms with Crippen LogP contribution in [-0.4, -0.2) is 31.0 Å². The van der Waals surface area contributed by atoms with Gasteiger partial charge in [0.15, 0.2) is 0 Å². The van der Waals surface area contributed by atoms with Crippen molar-refractivity contribution in [1.82, 2.24) is 5.32 Å². The van der Waals surface area contributed by atoms with Gasteiger partial charge in [-0.1, -0.05) is 0 Å². The molecular weight excluding hydrogens is 134 g/mol. The van der Waals surface area contributed by atoms with Crippen molar-refractivity contribution < 1.29 is 14.6 Å². The molecule has 0 radical (unpaired) electrons. The quantitative estimate of drug-likeness (QED) is 0.595. The highest BCUT2D eigenvalue weighted by Crippen LogP contribution is 1.88. The predicted octanol–water partition coefficient (Wildman–Crippen LogP) is 0.113. The molecule has 0 rings (SSSR count). The predicted molar refractivity (Wildman–Crippen MR) is 36.7 cm³/mol. The summed E-state index contributed by atoms with van der Waals surface area (Å²) in [5.41, 5.74) is 0. The summed E-state index contributed by atoms with van der Waals surface area (Å²) in [6.45, 7) is 1.87. The third-order valence-electron chi connectivity index (χ3n) is 1.11. The van der Waals surface area contributed by atoms with E-state index in [-0.39, 0.29) is 12.6 Å². The van der Waals surface area contributed by atoms with Gasteiger partial charge < -0.3 is 15.2 Å². The zero-order valence-corrected chi connectivity index (χ0v) is 6.26. The van der Waals surface area contributed by atoms with Crippen molar-refractivity contribution in [3.8, 4) is 0 Å². The number of rotatable bonds is 3. The molecule has 0 aromatic carbocycles. The molecule has 4 nitrogen and oxygen atoms in total. The number of ether oxygens (including phenoxy) is 1. The standard InChI is InChI=1S/C6H13NO3/c1-5(3-4-8)7-6(9)10-2/h5,8H,3-4H2,1-2H3,(H,7,9)/t5-/m0/s1. The van der Waals surface area contributed by atoms with Crippen molar-refractivity contribution in [3.63, 3.8) is 0 Å². The van der Waals surface area contributed by atoms with E-state index in [1.165, 1.54) is 7.11 Å². The molecule has 0 aliphatic heterocycles. The first-order chi connectivity index (χ1) is 4.70. The van der Waals surface area contributed by atoms with Crippen LogP contribution in [-0.2, 0) is 4.74 Å². The van der Waals surface area contributed by atoms with Gasteiger partial charge in [0.2, 0.25) is 0 Å². The number of nitrogens with one attached hydrogen (secondary N) is 1. The van der Waals surface area contributed by atoms with Crippen LogP contribution in [0.2, 0.25) is 0 Å². The first-order valence-electron chi connectivity index (χ1n) is 3.16. The Morgan fingerprint density at radius 3 is 2.80 bits per heavy atom.